The molecule has 0 fully saturated rings. The van der Waals surface area contributed by atoms with Crippen molar-refractivity contribution >= 4 is 17.2 Å². The maximum atomic E-state index is 3.00. The van der Waals surface area contributed by atoms with E-state index in [0.29, 0.717) is 16.2 Å². The average Bonchev–Trinajstić information content (AvgIpc) is 2.70. The molecule has 2 atom stereocenters. The monoisotopic (exact) mass is 382 g/mol. The summed E-state index contributed by atoms with van der Waals surface area (Å²) in [5.41, 5.74) is 5.39. The lowest BCUT2D eigenvalue weighted by molar-refractivity contribution is 0.428. The third-order valence-corrected chi connectivity index (χ3v) is 9.69. The van der Waals surface area contributed by atoms with Crippen molar-refractivity contribution < 1.29 is 0 Å². The Morgan fingerprint density at radius 3 is 1.52 bits per heavy atom. The zero-order valence-electron chi connectivity index (χ0n) is 19.1. The van der Waals surface area contributed by atoms with Crippen LogP contribution in [0.25, 0.3) is 0 Å². The van der Waals surface area contributed by atoms with Gasteiger partial charge in [0.05, 0.1) is 0 Å². The molecule has 0 saturated heterocycles. The van der Waals surface area contributed by atoms with Crippen molar-refractivity contribution in [1.29, 1.82) is 0 Å². The Morgan fingerprint density at radius 1 is 0.800 bits per heavy atom. The van der Waals surface area contributed by atoms with Gasteiger partial charge in [-0.15, -0.1) is 9.24 Å². The summed E-state index contributed by atoms with van der Waals surface area (Å²) in [5, 5.41) is 0.764. The number of allylic oxidation sites excluding steroid dienone is 4. The van der Waals surface area contributed by atoms with E-state index < -0.39 is 0 Å². The Morgan fingerprint density at radius 2 is 1.24 bits per heavy atom. The van der Waals surface area contributed by atoms with Crippen LogP contribution >= 0.6 is 17.2 Å². The van der Waals surface area contributed by atoms with Gasteiger partial charge >= 0.3 is 0 Å². The number of hydrogen-bond acceptors (Lipinski definition) is 0. The van der Waals surface area contributed by atoms with Gasteiger partial charge in [0.2, 0.25) is 0 Å². The van der Waals surface area contributed by atoms with Crippen LogP contribution in [0.5, 0.6) is 0 Å². The van der Waals surface area contributed by atoms with E-state index in [1.54, 1.807) is 16.7 Å². The fourth-order valence-corrected chi connectivity index (χ4v) is 8.72. The zero-order valence-corrected chi connectivity index (χ0v) is 21.1. The predicted octanol–water partition coefficient (Wildman–Crippen LogP) is 7.89. The van der Waals surface area contributed by atoms with Gasteiger partial charge in [0.15, 0.2) is 0 Å². The van der Waals surface area contributed by atoms with Crippen LogP contribution in [0.3, 0.4) is 0 Å². The maximum Gasteiger partial charge on any atom is 0.00644 e. The molecule has 1 aliphatic rings. The lowest BCUT2D eigenvalue weighted by Crippen LogP contribution is -2.31. The molecule has 0 aliphatic heterocycles. The van der Waals surface area contributed by atoms with Crippen molar-refractivity contribution in [2.75, 3.05) is 12.3 Å². The highest BCUT2D eigenvalue weighted by Gasteiger charge is 2.42. The molecule has 1 aliphatic carbocycles. The van der Waals surface area contributed by atoms with E-state index in [-0.39, 0.29) is 18.8 Å². The first-order valence-electron chi connectivity index (χ1n) is 9.84. The van der Waals surface area contributed by atoms with Gasteiger partial charge in [0, 0.05) is 5.92 Å². The van der Waals surface area contributed by atoms with Crippen molar-refractivity contribution in [2.24, 2.45) is 16.7 Å². The van der Waals surface area contributed by atoms with Gasteiger partial charge in [-0.25, -0.2) is 0 Å². The molecule has 2 heteroatoms. The first-order valence-corrected chi connectivity index (χ1v) is 12.2. The van der Waals surface area contributed by atoms with Crippen molar-refractivity contribution in [3.63, 3.8) is 0 Å². The predicted molar refractivity (Wildman–Crippen MR) is 123 cm³/mol. The lowest BCUT2D eigenvalue weighted by Gasteiger charge is -2.45. The molecule has 0 bridgehead atoms. The van der Waals surface area contributed by atoms with Gasteiger partial charge in [-0.05, 0) is 39.0 Å². The van der Waals surface area contributed by atoms with E-state index in [4.69, 9.17) is 0 Å². The molecule has 0 N–H and O–H groups in total. The first-order chi connectivity index (χ1) is 10.9. The molecule has 0 nitrogen and oxygen atoms in total. The van der Waals surface area contributed by atoms with Gasteiger partial charge in [-0.1, -0.05) is 108 Å². The van der Waals surface area contributed by atoms with Crippen LogP contribution in [0, 0.1) is 16.7 Å². The Kier molecular flexibility index (Phi) is 6.92. The molecule has 2 unspecified atom stereocenters. The van der Waals surface area contributed by atoms with E-state index >= 15 is 0 Å². The molecule has 0 radical (unpaired) electrons. The summed E-state index contributed by atoms with van der Waals surface area (Å²) < 4.78 is 0. The molecule has 0 amide bonds. The topological polar surface area (TPSA) is 0 Å². The summed E-state index contributed by atoms with van der Waals surface area (Å²) in [6.45, 7) is 29.1. The summed E-state index contributed by atoms with van der Waals surface area (Å²) in [6.07, 6.45) is 4.98. The van der Waals surface area contributed by atoms with Crippen molar-refractivity contribution in [3.8, 4) is 0 Å². The van der Waals surface area contributed by atoms with E-state index in [1.165, 1.54) is 6.16 Å². The molecule has 0 aromatic carbocycles. The normalized spacial score (nSPS) is 20.6. The third-order valence-electron chi connectivity index (χ3n) is 5.25. The van der Waals surface area contributed by atoms with Crippen LogP contribution in [0.2, 0.25) is 0 Å². The van der Waals surface area contributed by atoms with Gasteiger partial charge in [-0.2, -0.15) is 0 Å². The highest BCUT2D eigenvalue weighted by molar-refractivity contribution is 7.60. The van der Waals surface area contributed by atoms with Crippen LogP contribution in [0.15, 0.2) is 22.8 Å². The summed E-state index contributed by atoms with van der Waals surface area (Å²) in [7, 11) is 2.90. The van der Waals surface area contributed by atoms with E-state index in [9.17, 15) is 0 Å². The summed E-state index contributed by atoms with van der Waals surface area (Å²) in [4.78, 5) is 0. The largest absolute Gasteiger partial charge is 0.133 e. The Hall–Kier alpha value is 0.340. The highest BCUT2D eigenvalue weighted by atomic mass is 31.1. The second-order valence-electron chi connectivity index (χ2n) is 11.8. The minimum atomic E-state index is -0.0991. The average molecular weight is 383 g/mol. The molecule has 0 spiro atoms. The quantitative estimate of drug-likeness (QED) is 0.435. The van der Waals surface area contributed by atoms with E-state index in [1.807, 2.05) is 0 Å². The summed E-state index contributed by atoms with van der Waals surface area (Å²) in [6, 6.07) is 0. The molecular weight excluding hydrogens is 338 g/mol. The van der Waals surface area contributed by atoms with Crippen LogP contribution in [-0.4, -0.2) is 22.6 Å². The molecule has 1 rings (SSSR count). The molecular formula is C23H44P2. The third kappa shape index (κ3) is 5.66. The number of rotatable bonds is 3. The van der Waals surface area contributed by atoms with Gasteiger partial charge in [0.1, 0.15) is 0 Å². The molecule has 25 heavy (non-hydrogen) atoms. The van der Waals surface area contributed by atoms with Crippen LogP contribution in [0.1, 0.15) is 83.1 Å². The molecule has 0 aromatic heterocycles. The number of hydrogen-bond donors (Lipinski definition) is 0. The SMILES string of the molecule is CC(C)(C)C1=C(C(C)(C)C)C(CP(C(C)(C)C)C(C)(C)C)C(CP)=C1. The zero-order chi connectivity index (χ0) is 20.0. The Bertz CT molecular complexity index is 523. The van der Waals surface area contributed by atoms with E-state index in [0.717, 1.165) is 6.16 Å². The van der Waals surface area contributed by atoms with Gasteiger partial charge in [-0.3, -0.25) is 0 Å². The fourth-order valence-electron chi connectivity index (χ4n) is 4.43. The van der Waals surface area contributed by atoms with Gasteiger partial charge < -0.3 is 0 Å². The van der Waals surface area contributed by atoms with Crippen molar-refractivity contribution in [1.82, 2.24) is 0 Å². The summed E-state index contributed by atoms with van der Waals surface area (Å²) >= 11 is 0. The second kappa shape index (κ2) is 7.40. The first kappa shape index (κ1) is 23.4. The molecule has 0 aromatic rings. The fraction of sp³-hybridized carbons (Fsp3) is 0.826. The van der Waals surface area contributed by atoms with Gasteiger partial charge in [0.25, 0.3) is 0 Å². The highest BCUT2D eigenvalue weighted by Crippen LogP contribution is 2.63. The minimum Gasteiger partial charge on any atom is -0.133 e. The van der Waals surface area contributed by atoms with Crippen LogP contribution in [0.4, 0.5) is 0 Å². The Balaban J connectivity index is 3.49. The smallest absolute Gasteiger partial charge is 0.00644 e. The standard InChI is InChI=1S/C23H44P2/c1-20(2,3)18-13-16(14-24)17(19(18)21(4,5)6)15-25(22(7,8)9)23(10,11)12/h13,17H,14-15,24H2,1-12H3. The van der Waals surface area contributed by atoms with E-state index in [2.05, 4.69) is 98.4 Å². The maximum absolute atomic E-state index is 3.00. The van der Waals surface area contributed by atoms with Crippen LogP contribution < -0.4 is 0 Å². The van der Waals surface area contributed by atoms with Crippen LogP contribution in [-0.2, 0) is 0 Å². The summed E-state index contributed by atoms with van der Waals surface area (Å²) in [5.74, 6) is 0.622. The minimum absolute atomic E-state index is 0.0991. The molecule has 0 saturated carbocycles. The van der Waals surface area contributed by atoms with Crippen molar-refractivity contribution in [3.05, 3.63) is 22.8 Å². The molecule has 146 valence electrons. The Labute approximate surface area is 162 Å². The lowest BCUT2D eigenvalue weighted by atomic mass is 9.73. The molecule has 0 heterocycles. The second-order valence-corrected chi connectivity index (χ2v) is 16.1. The van der Waals surface area contributed by atoms with Crippen molar-refractivity contribution in [2.45, 2.75) is 93.4 Å².